The molecule has 1 aliphatic rings. The highest BCUT2D eigenvalue weighted by Gasteiger charge is 2.21. The molecule has 0 atom stereocenters. The van der Waals surface area contributed by atoms with Gasteiger partial charge in [-0.2, -0.15) is 0 Å². The number of hydrogen-bond acceptors (Lipinski definition) is 2. The number of carbonyl (C=O) groups excluding carboxylic acids is 2. The summed E-state index contributed by atoms with van der Waals surface area (Å²) >= 11 is 0. The van der Waals surface area contributed by atoms with Crippen molar-refractivity contribution in [3.05, 3.63) is 29.8 Å². The van der Waals surface area contributed by atoms with Gasteiger partial charge in [0.1, 0.15) is 0 Å². The van der Waals surface area contributed by atoms with Gasteiger partial charge in [0, 0.05) is 19.5 Å². The number of nitrogens with zero attached hydrogens (tertiary/aromatic N) is 1. The molecular weight excluding hydrogens is 300 g/mol. The van der Waals surface area contributed by atoms with Crippen molar-refractivity contribution in [1.82, 2.24) is 4.90 Å². The van der Waals surface area contributed by atoms with Gasteiger partial charge >= 0.3 is 0 Å². The third-order valence-corrected chi connectivity index (χ3v) is 4.58. The summed E-state index contributed by atoms with van der Waals surface area (Å²) in [6.45, 7) is 3.82. The second-order valence-electron chi connectivity index (χ2n) is 6.61. The second kappa shape index (κ2) is 10.1. The number of rotatable bonds is 8. The molecule has 0 spiro atoms. The van der Waals surface area contributed by atoms with Crippen LogP contribution in [0.3, 0.4) is 0 Å². The third-order valence-electron chi connectivity index (χ3n) is 4.58. The molecule has 4 nitrogen and oxygen atoms in total. The van der Waals surface area contributed by atoms with Gasteiger partial charge in [-0.25, -0.2) is 0 Å². The predicted molar refractivity (Wildman–Crippen MR) is 98.2 cm³/mol. The van der Waals surface area contributed by atoms with Crippen LogP contribution in [-0.4, -0.2) is 29.8 Å². The van der Waals surface area contributed by atoms with Gasteiger partial charge < -0.3 is 10.2 Å². The molecule has 4 heteroatoms. The summed E-state index contributed by atoms with van der Waals surface area (Å²) in [5.74, 6) is 0.0407. The molecule has 0 radical (unpaired) electrons. The maximum atomic E-state index is 12.7. The van der Waals surface area contributed by atoms with Crippen LogP contribution in [0.2, 0.25) is 0 Å². The number of hydrogen-bond donors (Lipinski definition) is 1. The molecule has 0 bridgehead atoms. The topological polar surface area (TPSA) is 49.4 Å². The van der Waals surface area contributed by atoms with E-state index in [2.05, 4.69) is 12.2 Å². The van der Waals surface area contributed by atoms with Gasteiger partial charge in [0.15, 0.2) is 0 Å². The standard InChI is InChI=1S/C20H30N2O2/c1-2-3-4-5-7-14-19(23)21-18-13-9-8-12-17(18)20(24)22-15-10-6-11-16-22/h8-9,12-13H,2-7,10-11,14-16H2,1H3,(H,21,23). The van der Waals surface area contributed by atoms with E-state index in [4.69, 9.17) is 0 Å². The quantitative estimate of drug-likeness (QED) is 0.708. The van der Waals surface area contributed by atoms with Gasteiger partial charge in [0.25, 0.3) is 5.91 Å². The Labute approximate surface area is 145 Å². The molecule has 1 fully saturated rings. The molecule has 132 valence electrons. The number of unbranched alkanes of at least 4 members (excludes halogenated alkanes) is 4. The first kappa shape index (κ1) is 18.5. The molecule has 2 rings (SSSR count). The van der Waals surface area contributed by atoms with Gasteiger partial charge in [0.05, 0.1) is 11.3 Å². The fourth-order valence-electron chi connectivity index (χ4n) is 3.15. The van der Waals surface area contributed by atoms with E-state index in [0.717, 1.165) is 38.8 Å². The van der Waals surface area contributed by atoms with Gasteiger partial charge in [0.2, 0.25) is 5.91 Å². The van der Waals surface area contributed by atoms with E-state index < -0.39 is 0 Å². The molecule has 1 aliphatic heterocycles. The number of likely N-dealkylation sites (tertiary alicyclic amines) is 1. The Balaban J connectivity index is 1.90. The summed E-state index contributed by atoms with van der Waals surface area (Å²) in [6, 6.07) is 7.36. The Kier molecular flexibility index (Phi) is 7.80. The van der Waals surface area contributed by atoms with E-state index >= 15 is 0 Å². The fraction of sp³-hybridized carbons (Fsp3) is 0.600. The molecule has 0 saturated carbocycles. The lowest BCUT2D eigenvalue weighted by Crippen LogP contribution is -2.36. The minimum atomic E-state index is 0.00499. The van der Waals surface area contributed by atoms with Crippen LogP contribution in [-0.2, 0) is 4.79 Å². The van der Waals surface area contributed by atoms with Crippen LogP contribution in [0.15, 0.2) is 24.3 Å². The van der Waals surface area contributed by atoms with Crippen molar-refractivity contribution in [2.24, 2.45) is 0 Å². The van der Waals surface area contributed by atoms with E-state index in [1.54, 1.807) is 0 Å². The zero-order valence-electron chi connectivity index (χ0n) is 14.9. The van der Waals surface area contributed by atoms with Gasteiger partial charge in [-0.05, 0) is 37.8 Å². The van der Waals surface area contributed by atoms with Crippen LogP contribution in [0.1, 0.15) is 75.1 Å². The number of para-hydroxylation sites is 1. The molecule has 0 aromatic heterocycles. The first-order chi connectivity index (χ1) is 11.7. The minimum absolute atomic E-state index is 0.00499. The first-order valence-electron chi connectivity index (χ1n) is 9.40. The zero-order valence-corrected chi connectivity index (χ0v) is 14.9. The summed E-state index contributed by atoms with van der Waals surface area (Å²) in [5.41, 5.74) is 1.25. The number of benzene rings is 1. The Bertz CT molecular complexity index is 536. The molecule has 24 heavy (non-hydrogen) atoms. The van der Waals surface area contributed by atoms with E-state index in [1.807, 2.05) is 29.2 Å². The average Bonchev–Trinajstić information content (AvgIpc) is 2.62. The van der Waals surface area contributed by atoms with Crippen molar-refractivity contribution in [3.63, 3.8) is 0 Å². The fourth-order valence-corrected chi connectivity index (χ4v) is 3.15. The maximum Gasteiger partial charge on any atom is 0.255 e. The highest BCUT2D eigenvalue weighted by Crippen LogP contribution is 2.20. The molecule has 1 heterocycles. The van der Waals surface area contributed by atoms with Crippen molar-refractivity contribution in [1.29, 1.82) is 0 Å². The predicted octanol–water partition coefficient (Wildman–Crippen LogP) is 4.61. The maximum absolute atomic E-state index is 12.7. The molecular formula is C20H30N2O2. The van der Waals surface area contributed by atoms with Crippen molar-refractivity contribution in [3.8, 4) is 0 Å². The van der Waals surface area contributed by atoms with E-state index in [1.165, 1.54) is 25.7 Å². The summed E-state index contributed by atoms with van der Waals surface area (Å²) < 4.78 is 0. The smallest absolute Gasteiger partial charge is 0.255 e. The summed E-state index contributed by atoms with van der Waals surface area (Å²) in [6.07, 6.45) is 9.48. The zero-order chi connectivity index (χ0) is 17.2. The Morgan fingerprint density at radius 3 is 2.46 bits per heavy atom. The average molecular weight is 330 g/mol. The normalized spacial score (nSPS) is 14.5. The Morgan fingerprint density at radius 1 is 1.00 bits per heavy atom. The largest absolute Gasteiger partial charge is 0.339 e. The number of nitrogens with one attached hydrogen (secondary N) is 1. The van der Waals surface area contributed by atoms with E-state index in [-0.39, 0.29) is 11.8 Å². The molecule has 1 saturated heterocycles. The molecule has 1 aromatic carbocycles. The highest BCUT2D eigenvalue weighted by molar-refractivity contribution is 6.03. The lowest BCUT2D eigenvalue weighted by Gasteiger charge is -2.27. The van der Waals surface area contributed by atoms with Crippen molar-refractivity contribution < 1.29 is 9.59 Å². The van der Waals surface area contributed by atoms with E-state index in [0.29, 0.717) is 17.7 Å². The number of anilines is 1. The SMILES string of the molecule is CCCCCCCC(=O)Nc1ccccc1C(=O)N1CCCCC1. The summed E-state index contributed by atoms with van der Waals surface area (Å²) in [7, 11) is 0. The second-order valence-corrected chi connectivity index (χ2v) is 6.61. The van der Waals surface area contributed by atoms with E-state index in [9.17, 15) is 9.59 Å². The van der Waals surface area contributed by atoms with Crippen LogP contribution in [0.25, 0.3) is 0 Å². The van der Waals surface area contributed by atoms with Crippen LogP contribution >= 0.6 is 0 Å². The third kappa shape index (κ3) is 5.66. The van der Waals surface area contributed by atoms with Crippen LogP contribution < -0.4 is 5.32 Å². The van der Waals surface area contributed by atoms with Crippen LogP contribution in [0.5, 0.6) is 0 Å². The van der Waals surface area contributed by atoms with Crippen molar-refractivity contribution >= 4 is 17.5 Å². The first-order valence-corrected chi connectivity index (χ1v) is 9.40. The van der Waals surface area contributed by atoms with Crippen LogP contribution in [0, 0.1) is 0 Å². The van der Waals surface area contributed by atoms with Gasteiger partial charge in [-0.1, -0.05) is 44.7 Å². The molecule has 0 unspecified atom stereocenters. The molecule has 0 aliphatic carbocycles. The molecule has 1 aromatic rings. The van der Waals surface area contributed by atoms with Gasteiger partial charge in [-0.15, -0.1) is 0 Å². The number of carbonyl (C=O) groups is 2. The lowest BCUT2D eigenvalue weighted by molar-refractivity contribution is -0.116. The molecule has 2 amide bonds. The summed E-state index contributed by atoms with van der Waals surface area (Å²) in [4.78, 5) is 26.8. The number of amides is 2. The van der Waals surface area contributed by atoms with Crippen LogP contribution in [0.4, 0.5) is 5.69 Å². The van der Waals surface area contributed by atoms with Crippen molar-refractivity contribution in [2.45, 2.75) is 64.7 Å². The minimum Gasteiger partial charge on any atom is -0.339 e. The van der Waals surface area contributed by atoms with Crippen molar-refractivity contribution in [2.75, 3.05) is 18.4 Å². The molecule has 1 N–H and O–H groups in total. The Hall–Kier alpha value is -1.84. The summed E-state index contributed by atoms with van der Waals surface area (Å²) in [5, 5.41) is 2.93. The Morgan fingerprint density at radius 2 is 1.71 bits per heavy atom. The van der Waals surface area contributed by atoms with Gasteiger partial charge in [-0.3, -0.25) is 9.59 Å². The monoisotopic (exact) mass is 330 g/mol. The lowest BCUT2D eigenvalue weighted by atomic mass is 10.1. The highest BCUT2D eigenvalue weighted by atomic mass is 16.2. The number of piperidine rings is 1.